The van der Waals surface area contributed by atoms with Crippen molar-refractivity contribution in [3.63, 3.8) is 0 Å². The van der Waals surface area contributed by atoms with Crippen molar-refractivity contribution in [1.29, 1.82) is 0 Å². The van der Waals surface area contributed by atoms with Gasteiger partial charge in [-0.1, -0.05) is 30.3 Å². The first-order chi connectivity index (χ1) is 7.29. The fourth-order valence-electron chi connectivity index (χ4n) is 1.89. The number of rotatable bonds is 1. The molecule has 1 saturated heterocycles. The lowest BCUT2D eigenvalue weighted by Crippen LogP contribution is -2.46. The minimum Gasteiger partial charge on any atom is -0.320 e. The normalized spacial score (nSPS) is 21.4. The minimum atomic E-state index is -0.370. The number of carbonyl (C=O) groups excluding carboxylic acids is 1. The van der Waals surface area contributed by atoms with Crippen LogP contribution in [0, 0.1) is 0 Å². The highest BCUT2D eigenvalue weighted by molar-refractivity contribution is 6.62. The summed E-state index contributed by atoms with van der Waals surface area (Å²) in [5, 5.41) is 2.90. The maximum absolute atomic E-state index is 11.2. The van der Waals surface area contributed by atoms with Crippen molar-refractivity contribution in [2.24, 2.45) is 0 Å². The van der Waals surface area contributed by atoms with Crippen LogP contribution in [0.5, 0.6) is 0 Å². The first-order valence-corrected chi connectivity index (χ1v) is 5.38. The zero-order chi connectivity index (χ0) is 10.7. The van der Waals surface area contributed by atoms with E-state index in [1.807, 2.05) is 30.3 Å². The second kappa shape index (κ2) is 4.64. The summed E-state index contributed by atoms with van der Waals surface area (Å²) in [6, 6.07) is 10.0. The Kier molecular flexibility index (Phi) is 3.23. The molecule has 0 radical (unpaired) electrons. The maximum Gasteiger partial charge on any atom is 0.316 e. The fraction of sp³-hybridized carbons (Fsp3) is 0.364. The summed E-state index contributed by atoms with van der Waals surface area (Å²) in [4.78, 5) is 12.9. The Labute approximate surface area is 94.0 Å². The number of hydrogen-bond donors (Lipinski definition) is 1. The van der Waals surface area contributed by atoms with E-state index in [2.05, 4.69) is 5.32 Å². The summed E-state index contributed by atoms with van der Waals surface area (Å²) in [5.41, 5.74) is 1.12. The Bertz CT molecular complexity index is 342. The summed E-state index contributed by atoms with van der Waals surface area (Å²) in [6.45, 7) is 2.24. The van der Waals surface area contributed by atoms with Gasteiger partial charge in [0.05, 0.1) is 6.04 Å². The van der Waals surface area contributed by atoms with Crippen molar-refractivity contribution in [3.8, 4) is 0 Å². The summed E-state index contributed by atoms with van der Waals surface area (Å²) in [6.07, 6.45) is 0. The minimum absolute atomic E-state index is 0.0601. The molecule has 2 rings (SSSR count). The van der Waals surface area contributed by atoms with Crippen LogP contribution in [0.25, 0.3) is 0 Å². The van der Waals surface area contributed by atoms with Crippen molar-refractivity contribution >= 4 is 17.0 Å². The van der Waals surface area contributed by atoms with Gasteiger partial charge in [-0.3, -0.25) is 4.79 Å². The van der Waals surface area contributed by atoms with Gasteiger partial charge in [0.25, 0.3) is 0 Å². The zero-order valence-corrected chi connectivity index (χ0v) is 9.07. The smallest absolute Gasteiger partial charge is 0.316 e. The van der Waals surface area contributed by atoms with Crippen molar-refractivity contribution in [2.75, 3.05) is 19.6 Å². The Morgan fingerprint density at radius 1 is 1.40 bits per heavy atom. The van der Waals surface area contributed by atoms with Gasteiger partial charge in [0.1, 0.15) is 0 Å². The van der Waals surface area contributed by atoms with Crippen LogP contribution >= 0.6 is 11.6 Å². The molecule has 4 heteroatoms. The third-order valence-electron chi connectivity index (χ3n) is 2.65. The van der Waals surface area contributed by atoms with Gasteiger partial charge in [-0.25, -0.2) is 0 Å². The standard InChI is InChI=1S/C11H13ClN2O/c12-11(15)14-7-6-13-8-10(14)9-4-2-1-3-5-9/h1-5,10,13H,6-8H2. The van der Waals surface area contributed by atoms with Crippen LogP contribution in [0.4, 0.5) is 4.79 Å². The van der Waals surface area contributed by atoms with E-state index in [0.717, 1.165) is 18.7 Å². The van der Waals surface area contributed by atoms with Gasteiger partial charge in [-0.2, -0.15) is 0 Å². The van der Waals surface area contributed by atoms with Gasteiger partial charge in [0, 0.05) is 19.6 Å². The van der Waals surface area contributed by atoms with E-state index in [1.54, 1.807) is 4.90 Å². The average molecular weight is 225 g/mol. The van der Waals surface area contributed by atoms with Crippen molar-refractivity contribution in [1.82, 2.24) is 10.2 Å². The van der Waals surface area contributed by atoms with E-state index < -0.39 is 0 Å². The molecule has 1 atom stereocenters. The van der Waals surface area contributed by atoms with Crippen LogP contribution in [0.3, 0.4) is 0 Å². The third kappa shape index (κ3) is 2.30. The SMILES string of the molecule is O=C(Cl)N1CCNCC1c1ccccc1. The molecule has 0 aliphatic carbocycles. The predicted molar refractivity (Wildman–Crippen MR) is 60.0 cm³/mol. The number of nitrogens with one attached hydrogen (secondary N) is 1. The van der Waals surface area contributed by atoms with Crippen LogP contribution in [0.15, 0.2) is 30.3 Å². The molecule has 1 heterocycles. The van der Waals surface area contributed by atoms with Gasteiger partial charge < -0.3 is 10.2 Å². The van der Waals surface area contributed by atoms with Gasteiger partial charge >= 0.3 is 5.37 Å². The van der Waals surface area contributed by atoms with Crippen molar-refractivity contribution in [3.05, 3.63) is 35.9 Å². The molecule has 1 fully saturated rings. The first-order valence-electron chi connectivity index (χ1n) is 5.01. The molecule has 0 aromatic heterocycles. The van der Waals surface area contributed by atoms with Gasteiger partial charge in [-0.05, 0) is 17.2 Å². The van der Waals surface area contributed by atoms with Crippen LogP contribution in [0.1, 0.15) is 11.6 Å². The number of halogens is 1. The Morgan fingerprint density at radius 3 is 2.80 bits per heavy atom. The molecule has 0 bridgehead atoms. The number of hydrogen-bond acceptors (Lipinski definition) is 2. The molecular weight excluding hydrogens is 212 g/mol. The van der Waals surface area contributed by atoms with Crippen LogP contribution in [0.2, 0.25) is 0 Å². The molecule has 0 spiro atoms. The summed E-state index contributed by atoms with van der Waals surface area (Å²) in [7, 11) is 0. The highest BCUT2D eigenvalue weighted by Crippen LogP contribution is 2.22. The molecule has 3 nitrogen and oxygen atoms in total. The Hall–Kier alpha value is -1.06. The van der Waals surface area contributed by atoms with E-state index in [9.17, 15) is 4.79 Å². The average Bonchev–Trinajstić information content (AvgIpc) is 2.30. The summed E-state index contributed by atoms with van der Waals surface area (Å²) < 4.78 is 0. The zero-order valence-electron chi connectivity index (χ0n) is 8.32. The predicted octanol–water partition coefficient (Wildman–Crippen LogP) is 1.99. The Balaban J connectivity index is 2.22. The lowest BCUT2D eigenvalue weighted by molar-refractivity contribution is 0.180. The lowest BCUT2D eigenvalue weighted by Gasteiger charge is -2.34. The van der Waals surface area contributed by atoms with E-state index in [-0.39, 0.29) is 11.4 Å². The summed E-state index contributed by atoms with van der Waals surface area (Å²) in [5.74, 6) is 0. The second-order valence-electron chi connectivity index (χ2n) is 3.58. The highest BCUT2D eigenvalue weighted by atomic mass is 35.5. The van der Waals surface area contributed by atoms with Crippen LogP contribution < -0.4 is 5.32 Å². The highest BCUT2D eigenvalue weighted by Gasteiger charge is 2.26. The second-order valence-corrected chi connectivity index (χ2v) is 3.90. The third-order valence-corrected chi connectivity index (χ3v) is 2.87. The molecule has 80 valence electrons. The molecular formula is C11H13ClN2O. The van der Waals surface area contributed by atoms with Crippen molar-refractivity contribution < 1.29 is 4.79 Å². The lowest BCUT2D eigenvalue weighted by atomic mass is 10.0. The topological polar surface area (TPSA) is 32.3 Å². The van der Waals surface area contributed by atoms with E-state index >= 15 is 0 Å². The van der Waals surface area contributed by atoms with E-state index in [0.29, 0.717) is 6.54 Å². The molecule has 0 saturated carbocycles. The monoisotopic (exact) mass is 224 g/mol. The largest absolute Gasteiger partial charge is 0.320 e. The number of amides is 1. The molecule has 1 unspecified atom stereocenters. The first kappa shape index (κ1) is 10.5. The molecule has 1 aliphatic heterocycles. The number of benzene rings is 1. The quantitative estimate of drug-likeness (QED) is 0.585. The summed E-state index contributed by atoms with van der Waals surface area (Å²) >= 11 is 5.56. The maximum atomic E-state index is 11.2. The van der Waals surface area contributed by atoms with E-state index in [1.165, 1.54) is 0 Å². The van der Waals surface area contributed by atoms with E-state index in [4.69, 9.17) is 11.6 Å². The number of piperazine rings is 1. The molecule has 1 amide bonds. The molecule has 1 aromatic rings. The van der Waals surface area contributed by atoms with Gasteiger partial charge in [0.15, 0.2) is 0 Å². The molecule has 1 N–H and O–H groups in total. The molecule has 15 heavy (non-hydrogen) atoms. The number of nitrogens with zero attached hydrogens (tertiary/aromatic N) is 1. The van der Waals surface area contributed by atoms with Crippen LogP contribution in [-0.2, 0) is 0 Å². The fourth-order valence-corrected chi connectivity index (χ4v) is 2.09. The molecule has 1 aliphatic rings. The Morgan fingerprint density at radius 2 is 2.13 bits per heavy atom. The van der Waals surface area contributed by atoms with Crippen LogP contribution in [-0.4, -0.2) is 29.9 Å². The molecule has 1 aromatic carbocycles. The number of carbonyl (C=O) groups is 1. The van der Waals surface area contributed by atoms with Gasteiger partial charge in [0.2, 0.25) is 0 Å². The van der Waals surface area contributed by atoms with Crippen molar-refractivity contribution in [2.45, 2.75) is 6.04 Å². The van der Waals surface area contributed by atoms with Gasteiger partial charge in [-0.15, -0.1) is 0 Å².